The first kappa shape index (κ1) is 13.8. The monoisotopic (exact) mass is 292 g/mol. The van der Waals surface area contributed by atoms with Gasteiger partial charge in [0.05, 0.1) is 0 Å². The van der Waals surface area contributed by atoms with Gasteiger partial charge >= 0.3 is 0 Å². The molecule has 2 aliphatic rings. The normalized spacial score (nSPS) is 27.8. The highest BCUT2D eigenvalue weighted by Crippen LogP contribution is 2.29. The molecule has 1 N–H and O–H groups in total. The van der Waals surface area contributed by atoms with Crippen LogP contribution in [0.3, 0.4) is 0 Å². The van der Waals surface area contributed by atoms with Gasteiger partial charge in [0.15, 0.2) is 0 Å². The van der Waals surface area contributed by atoms with Crippen molar-refractivity contribution in [2.75, 3.05) is 19.6 Å². The Morgan fingerprint density at radius 3 is 2.80 bits per heavy atom. The minimum Gasteiger partial charge on any atom is -0.315 e. The van der Waals surface area contributed by atoms with Gasteiger partial charge in [-0.1, -0.05) is 30.3 Å². The van der Waals surface area contributed by atoms with E-state index >= 15 is 0 Å². The third-order valence-corrected chi connectivity index (χ3v) is 5.77. The number of nitrogens with zero attached hydrogens (tertiary/aromatic N) is 1. The van der Waals surface area contributed by atoms with Crippen molar-refractivity contribution in [2.45, 2.75) is 18.9 Å². The molecule has 4 nitrogen and oxygen atoms in total. The molecule has 1 aromatic carbocycles. The molecule has 0 aliphatic carbocycles. The Hall–Kier alpha value is -1.17. The Labute approximate surface area is 120 Å². The Morgan fingerprint density at radius 1 is 1.20 bits per heavy atom. The topological polar surface area (TPSA) is 49.4 Å². The lowest BCUT2D eigenvalue weighted by atomic mass is 9.94. The summed E-state index contributed by atoms with van der Waals surface area (Å²) in [5.74, 6) is 0.476. The lowest BCUT2D eigenvalue weighted by Gasteiger charge is -2.35. The van der Waals surface area contributed by atoms with Gasteiger partial charge in [0, 0.05) is 24.5 Å². The van der Waals surface area contributed by atoms with Crippen LogP contribution in [0.1, 0.15) is 18.4 Å². The number of fused-ring (bicyclic) bond motifs is 1. The molecule has 20 heavy (non-hydrogen) atoms. The average Bonchev–Trinajstić information content (AvgIpc) is 2.94. The number of hydrogen-bond donors (Lipinski definition) is 1. The molecule has 2 heterocycles. The van der Waals surface area contributed by atoms with Crippen molar-refractivity contribution in [1.29, 1.82) is 0 Å². The SMILES string of the molecule is O=S(=O)(/C=C/c1ccccc1)N1CCCC2CNCC21. The van der Waals surface area contributed by atoms with Gasteiger partial charge < -0.3 is 5.32 Å². The van der Waals surface area contributed by atoms with Crippen LogP contribution in [-0.2, 0) is 10.0 Å². The summed E-state index contributed by atoms with van der Waals surface area (Å²) in [6.45, 7) is 2.37. The molecule has 0 radical (unpaired) electrons. The van der Waals surface area contributed by atoms with Crippen molar-refractivity contribution in [1.82, 2.24) is 9.62 Å². The molecule has 0 saturated carbocycles. The number of nitrogens with one attached hydrogen (secondary N) is 1. The molecule has 2 fully saturated rings. The number of benzene rings is 1. The minimum absolute atomic E-state index is 0.133. The first-order chi connectivity index (χ1) is 9.67. The van der Waals surface area contributed by atoms with E-state index in [4.69, 9.17) is 0 Å². The molecule has 1 aromatic rings. The van der Waals surface area contributed by atoms with Crippen molar-refractivity contribution in [3.05, 3.63) is 41.3 Å². The van der Waals surface area contributed by atoms with Crippen molar-refractivity contribution < 1.29 is 8.42 Å². The molecule has 0 amide bonds. The molecule has 0 spiro atoms. The number of sulfonamides is 1. The van der Waals surface area contributed by atoms with Gasteiger partial charge in [-0.2, -0.15) is 4.31 Å². The van der Waals surface area contributed by atoms with E-state index in [0.29, 0.717) is 12.5 Å². The van der Waals surface area contributed by atoms with E-state index in [2.05, 4.69) is 5.32 Å². The fourth-order valence-electron chi connectivity index (χ4n) is 3.15. The van der Waals surface area contributed by atoms with Gasteiger partial charge in [0.25, 0.3) is 0 Å². The summed E-state index contributed by atoms with van der Waals surface area (Å²) >= 11 is 0. The van der Waals surface area contributed by atoms with Gasteiger partial charge in [-0.15, -0.1) is 0 Å². The molecule has 2 aliphatic heterocycles. The van der Waals surface area contributed by atoms with Crippen LogP contribution >= 0.6 is 0 Å². The summed E-state index contributed by atoms with van der Waals surface area (Å²) in [5.41, 5.74) is 0.911. The van der Waals surface area contributed by atoms with Gasteiger partial charge in [0.2, 0.25) is 10.0 Å². The lowest BCUT2D eigenvalue weighted by Crippen LogP contribution is -2.47. The van der Waals surface area contributed by atoms with Crippen LogP contribution in [0.4, 0.5) is 0 Å². The van der Waals surface area contributed by atoms with E-state index in [0.717, 1.165) is 31.5 Å². The largest absolute Gasteiger partial charge is 0.315 e. The van der Waals surface area contributed by atoms with E-state index in [1.165, 1.54) is 5.41 Å². The van der Waals surface area contributed by atoms with Crippen LogP contribution in [0.5, 0.6) is 0 Å². The van der Waals surface area contributed by atoms with Crippen molar-refractivity contribution in [3.8, 4) is 0 Å². The Balaban J connectivity index is 1.79. The predicted molar refractivity (Wildman–Crippen MR) is 80.5 cm³/mol. The van der Waals surface area contributed by atoms with E-state index < -0.39 is 10.0 Å². The predicted octanol–water partition coefficient (Wildman–Crippen LogP) is 1.67. The van der Waals surface area contributed by atoms with Crippen molar-refractivity contribution >= 4 is 16.1 Å². The molecular weight excluding hydrogens is 272 g/mol. The Kier molecular flexibility index (Phi) is 3.92. The minimum atomic E-state index is -3.32. The van der Waals surface area contributed by atoms with Gasteiger partial charge in [0.1, 0.15) is 0 Å². The van der Waals surface area contributed by atoms with Crippen LogP contribution < -0.4 is 5.32 Å². The maximum atomic E-state index is 12.5. The first-order valence-electron chi connectivity index (χ1n) is 7.12. The zero-order chi connectivity index (χ0) is 14.0. The molecule has 108 valence electrons. The summed E-state index contributed by atoms with van der Waals surface area (Å²) in [7, 11) is -3.32. The van der Waals surface area contributed by atoms with E-state index in [1.807, 2.05) is 30.3 Å². The second-order valence-corrected chi connectivity index (χ2v) is 7.27. The van der Waals surface area contributed by atoms with Crippen LogP contribution in [0.15, 0.2) is 35.7 Å². The second kappa shape index (κ2) is 5.68. The van der Waals surface area contributed by atoms with Crippen LogP contribution in [0.25, 0.3) is 6.08 Å². The van der Waals surface area contributed by atoms with E-state index in [9.17, 15) is 8.42 Å². The smallest absolute Gasteiger partial charge is 0.236 e. The third kappa shape index (κ3) is 2.80. The van der Waals surface area contributed by atoms with E-state index in [1.54, 1.807) is 10.4 Å². The second-order valence-electron chi connectivity index (χ2n) is 5.50. The quantitative estimate of drug-likeness (QED) is 0.922. The standard InChI is InChI=1S/C15H20N2O2S/c18-20(19,10-8-13-5-2-1-3-6-13)17-9-4-7-14-11-16-12-15(14)17/h1-3,5-6,8,10,14-16H,4,7,9,11-12H2/b10-8+. The maximum absolute atomic E-state index is 12.5. The molecule has 2 unspecified atom stereocenters. The highest BCUT2D eigenvalue weighted by atomic mass is 32.2. The molecule has 5 heteroatoms. The van der Waals surface area contributed by atoms with Crippen molar-refractivity contribution in [2.24, 2.45) is 5.92 Å². The zero-order valence-corrected chi connectivity index (χ0v) is 12.2. The van der Waals surface area contributed by atoms with Gasteiger partial charge in [-0.25, -0.2) is 8.42 Å². The highest BCUT2D eigenvalue weighted by Gasteiger charge is 2.39. The number of hydrogen-bond acceptors (Lipinski definition) is 3. The molecule has 0 aromatic heterocycles. The fraction of sp³-hybridized carbons (Fsp3) is 0.467. The highest BCUT2D eigenvalue weighted by molar-refractivity contribution is 7.92. The zero-order valence-electron chi connectivity index (χ0n) is 11.4. The number of rotatable bonds is 3. The number of piperidine rings is 1. The Morgan fingerprint density at radius 2 is 2.00 bits per heavy atom. The van der Waals surface area contributed by atoms with Gasteiger partial charge in [-0.05, 0) is 36.9 Å². The molecule has 2 saturated heterocycles. The fourth-order valence-corrected chi connectivity index (χ4v) is 4.64. The van der Waals surface area contributed by atoms with Gasteiger partial charge in [-0.3, -0.25) is 0 Å². The third-order valence-electron chi connectivity index (χ3n) is 4.19. The van der Waals surface area contributed by atoms with Crippen LogP contribution in [0, 0.1) is 5.92 Å². The summed E-state index contributed by atoms with van der Waals surface area (Å²) in [6.07, 6.45) is 3.77. The molecule has 0 bridgehead atoms. The molecular formula is C15H20N2O2S. The summed E-state index contributed by atoms with van der Waals surface area (Å²) in [6, 6.07) is 9.68. The average molecular weight is 292 g/mol. The van der Waals surface area contributed by atoms with Crippen molar-refractivity contribution in [3.63, 3.8) is 0 Å². The molecule has 3 rings (SSSR count). The summed E-state index contributed by atoms with van der Waals surface area (Å²) < 4.78 is 26.7. The molecule has 2 atom stereocenters. The first-order valence-corrected chi connectivity index (χ1v) is 8.63. The summed E-state index contributed by atoms with van der Waals surface area (Å²) in [4.78, 5) is 0. The lowest BCUT2D eigenvalue weighted by molar-refractivity contribution is 0.219. The van der Waals surface area contributed by atoms with Crippen LogP contribution in [0.2, 0.25) is 0 Å². The summed E-state index contributed by atoms with van der Waals surface area (Å²) in [5, 5.41) is 4.66. The van der Waals surface area contributed by atoms with Crippen LogP contribution in [-0.4, -0.2) is 38.4 Å². The van der Waals surface area contributed by atoms with E-state index in [-0.39, 0.29) is 6.04 Å². The maximum Gasteiger partial charge on any atom is 0.236 e. The Bertz CT molecular complexity index is 583.